The first kappa shape index (κ1) is 25.5. The summed E-state index contributed by atoms with van der Waals surface area (Å²) in [5.41, 5.74) is 6.74. The lowest BCUT2D eigenvalue weighted by molar-refractivity contribution is -0.122. The van der Waals surface area contributed by atoms with Crippen molar-refractivity contribution in [2.24, 2.45) is 16.6 Å². The molecule has 0 radical (unpaired) electrons. The molecule has 0 unspecified atom stereocenters. The maximum absolute atomic E-state index is 12.5. The number of hydrogen-bond acceptors (Lipinski definition) is 6. The summed E-state index contributed by atoms with van der Waals surface area (Å²) in [4.78, 5) is 29.3. The second-order valence-corrected chi connectivity index (χ2v) is 8.37. The standard InChI is InChI=1S/C23H36N4O5/c1-15(2)11-18(14-22(29)25-17-7-9-32-10-8-17)26-23(24)27-21(28)13-16-5-6-19(30-3)20(12-16)31-4/h5-6,12,15,17-18H,7-11,13-14H2,1-4H3,(H,25,29)(H3,24,26,27,28)/t18-/m1/s1. The summed E-state index contributed by atoms with van der Waals surface area (Å²) in [5, 5.41) is 5.67. The van der Waals surface area contributed by atoms with Crippen LogP contribution in [0.15, 0.2) is 23.2 Å². The summed E-state index contributed by atoms with van der Waals surface area (Å²) in [6.07, 6.45) is 2.65. The van der Waals surface area contributed by atoms with Gasteiger partial charge in [-0.25, -0.2) is 4.99 Å². The molecule has 2 amide bonds. The minimum atomic E-state index is -0.309. The van der Waals surface area contributed by atoms with Crippen LogP contribution in [-0.4, -0.2) is 57.3 Å². The third kappa shape index (κ3) is 8.74. The van der Waals surface area contributed by atoms with E-state index < -0.39 is 0 Å². The molecule has 2 rings (SSSR count). The number of methoxy groups -OCH3 is 2. The third-order valence-electron chi connectivity index (χ3n) is 5.15. The first-order valence-corrected chi connectivity index (χ1v) is 11.0. The van der Waals surface area contributed by atoms with Gasteiger partial charge in [-0.05, 0) is 42.9 Å². The van der Waals surface area contributed by atoms with Crippen molar-refractivity contribution in [2.75, 3.05) is 27.4 Å². The summed E-state index contributed by atoms with van der Waals surface area (Å²) in [6.45, 7) is 5.45. The molecule has 9 nitrogen and oxygen atoms in total. The van der Waals surface area contributed by atoms with Crippen LogP contribution >= 0.6 is 0 Å². The van der Waals surface area contributed by atoms with Crippen LogP contribution in [0, 0.1) is 5.92 Å². The Morgan fingerprint density at radius 2 is 1.84 bits per heavy atom. The predicted molar refractivity (Wildman–Crippen MR) is 123 cm³/mol. The molecule has 4 N–H and O–H groups in total. The number of amides is 2. The Morgan fingerprint density at radius 1 is 1.16 bits per heavy atom. The van der Waals surface area contributed by atoms with E-state index in [2.05, 4.69) is 29.5 Å². The van der Waals surface area contributed by atoms with Crippen LogP contribution in [0.25, 0.3) is 0 Å². The topological polar surface area (TPSA) is 124 Å². The molecule has 1 atom stereocenters. The first-order valence-electron chi connectivity index (χ1n) is 11.0. The van der Waals surface area contributed by atoms with Crippen LogP contribution in [0.4, 0.5) is 0 Å². The highest BCUT2D eigenvalue weighted by Crippen LogP contribution is 2.27. The van der Waals surface area contributed by atoms with Crippen molar-refractivity contribution < 1.29 is 23.8 Å². The normalized spacial score (nSPS) is 15.8. The van der Waals surface area contributed by atoms with Crippen LogP contribution < -0.4 is 25.8 Å². The van der Waals surface area contributed by atoms with E-state index in [0.717, 1.165) is 18.4 Å². The number of carbonyl (C=O) groups is 2. The van der Waals surface area contributed by atoms with Gasteiger partial charge in [0.15, 0.2) is 17.5 Å². The fourth-order valence-corrected chi connectivity index (χ4v) is 3.66. The number of nitrogens with zero attached hydrogens (tertiary/aromatic N) is 1. The quantitative estimate of drug-likeness (QED) is 0.370. The minimum absolute atomic E-state index is 0.0139. The number of nitrogens with one attached hydrogen (secondary N) is 2. The fourth-order valence-electron chi connectivity index (χ4n) is 3.66. The summed E-state index contributed by atoms with van der Waals surface area (Å²) in [6, 6.07) is 5.11. The van der Waals surface area contributed by atoms with E-state index in [9.17, 15) is 9.59 Å². The van der Waals surface area contributed by atoms with Gasteiger partial charge in [-0.3, -0.25) is 14.9 Å². The molecule has 1 aromatic rings. The molecular weight excluding hydrogens is 412 g/mol. The van der Waals surface area contributed by atoms with E-state index in [1.165, 1.54) is 0 Å². The second kappa shape index (κ2) is 12.9. The number of ether oxygens (including phenoxy) is 3. The average molecular weight is 449 g/mol. The number of hydrogen-bond donors (Lipinski definition) is 3. The van der Waals surface area contributed by atoms with Crippen LogP contribution in [-0.2, 0) is 20.7 Å². The number of aliphatic imine (C=N–C) groups is 1. The summed E-state index contributed by atoms with van der Waals surface area (Å²) in [5.74, 6) is 1.12. The van der Waals surface area contributed by atoms with Gasteiger partial charge in [0.25, 0.3) is 0 Å². The molecule has 1 aliphatic rings. The Morgan fingerprint density at radius 3 is 2.47 bits per heavy atom. The molecule has 178 valence electrons. The van der Waals surface area contributed by atoms with E-state index >= 15 is 0 Å². The van der Waals surface area contributed by atoms with Gasteiger partial charge in [0.2, 0.25) is 11.8 Å². The highest BCUT2D eigenvalue weighted by molar-refractivity contribution is 5.97. The zero-order chi connectivity index (χ0) is 23.5. The third-order valence-corrected chi connectivity index (χ3v) is 5.15. The lowest BCUT2D eigenvalue weighted by Gasteiger charge is -2.24. The van der Waals surface area contributed by atoms with Gasteiger partial charge < -0.3 is 25.3 Å². The predicted octanol–water partition coefficient (Wildman–Crippen LogP) is 1.78. The molecule has 1 aromatic carbocycles. The monoisotopic (exact) mass is 448 g/mol. The lowest BCUT2D eigenvalue weighted by atomic mass is 10.0. The first-order chi connectivity index (χ1) is 15.3. The van der Waals surface area contributed by atoms with Gasteiger partial charge in [0.1, 0.15) is 0 Å². The molecule has 9 heteroatoms. The summed E-state index contributed by atoms with van der Waals surface area (Å²) < 4.78 is 15.8. The Hall–Kier alpha value is -2.81. The molecule has 0 bridgehead atoms. The van der Waals surface area contributed by atoms with Crippen LogP contribution in [0.3, 0.4) is 0 Å². The number of nitrogens with two attached hydrogens (primary N) is 1. The molecule has 0 aromatic heterocycles. The number of benzene rings is 1. The average Bonchev–Trinajstić information content (AvgIpc) is 2.73. The fraction of sp³-hybridized carbons (Fsp3) is 0.609. The Bertz CT molecular complexity index is 791. The SMILES string of the molecule is COc1ccc(CC(=O)NC(N)=N[C@@H](CC(=O)NC2CCOCC2)CC(C)C)cc1OC. The van der Waals surface area contributed by atoms with E-state index in [4.69, 9.17) is 19.9 Å². The van der Waals surface area contributed by atoms with E-state index in [1.54, 1.807) is 32.4 Å². The molecule has 32 heavy (non-hydrogen) atoms. The Balaban J connectivity index is 1.94. The van der Waals surface area contributed by atoms with Crippen molar-refractivity contribution in [3.8, 4) is 11.5 Å². The number of carbonyl (C=O) groups excluding carboxylic acids is 2. The van der Waals surface area contributed by atoms with Gasteiger partial charge in [0.05, 0.1) is 26.7 Å². The van der Waals surface area contributed by atoms with E-state index in [-0.39, 0.29) is 42.7 Å². The maximum Gasteiger partial charge on any atom is 0.231 e. The van der Waals surface area contributed by atoms with Crippen molar-refractivity contribution in [2.45, 2.75) is 58.0 Å². The minimum Gasteiger partial charge on any atom is -0.493 e. The van der Waals surface area contributed by atoms with Crippen molar-refractivity contribution in [1.82, 2.24) is 10.6 Å². The van der Waals surface area contributed by atoms with Crippen molar-refractivity contribution in [3.63, 3.8) is 0 Å². The molecular formula is C23H36N4O5. The summed E-state index contributed by atoms with van der Waals surface area (Å²) in [7, 11) is 3.10. The van der Waals surface area contributed by atoms with Crippen molar-refractivity contribution in [1.29, 1.82) is 0 Å². The van der Waals surface area contributed by atoms with Gasteiger partial charge in [-0.15, -0.1) is 0 Å². The molecule has 1 aliphatic heterocycles. The molecule has 0 aliphatic carbocycles. The summed E-state index contributed by atoms with van der Waals surface area (Å²) >= 11 is 0. The molecule has 1 fully saturated rings. The van der Waals surface area contributed by atoms with Gasteiger partial charge in [0, 0.05) is 25.7 Å². The van der Waals surface area contributed by atoms with Gasteiger partial charge in [-0.2, -0.15) is 0 Å². The highest BCUT2D eigenvalue weighted by atomic mass is 16.5. The zero-order valence-electron chi connectivity index (χ0n) is 19.5. The smallest absolute Gasteiger partial charge is 0.231 e. The Kier molecular flexibility index (Phi) is 10.3. The van der Waals surface area contributed by atoms with Crippen molar-refractivity contribution >= 4 is 17.8 Å². The van der Waals surface area contributed by atoms with Gasteiger partial charge >= 0.3 is 0 Å². The highest BCUT2D eigenvalue weighted by Gasteiger charge is 2.20. The molecule has 1 saturated heterocycles. The Labute approximate surface area is 190 Å². The number of guanidine groups is 1. The largest absolute Gasteiger partial charge is 0.493 e. The molecule has 1 heterocycles. The van der Waals surface area contributed by atoms with Crippen molar-refractivity contribution in [3.05, 3.63) is 23.8 Å². The van der Waals surface area contributed by atoms with Crippen LogP contribution in [0.2, 0.25) is 0 Å². The molecule has 0 spiro atoms. The maximum atomic E-state index is 12.5. The molecule has 0 saturated carbocycles. The van der Waals surface area contributed by atoms with E-state index in [0.29, 0.717) is 37.1 Å². The zero-order valence-corrected chi connectivity index (χ0v) is 19.5. The van der Waals surface area contributed by atoms with Crippen LogP contribution in [0.5, 0.6) is 11.5 Å². The lowest BCUT2D eigenvalue weighted by Crippen LogP contribution is -2.41. The second-order valence-electron chi connectivity index (χ2n) is 8.37. The number of rotatable bonds is 10. The van der Waals surface area contributed by atoms with E-state index in [1.807, 2.05) is 0 Å². The van der Waals surface area contributed by atoms with Crippen LogP contribution in [0.1, 0.15) is 45.1 Å². The van der Waals surface area contributed by atoms with Gasteiger partial charge in [-0.1, -0.05) is 19.9 Å².